The van der Waals surface area contributed by atoms with Crippen molar-refractivity contribution in [3.05, 3.63) is 12.2 Å². The summed E-state index contributed by atoms with van der Waals surface area (Å²) in [5, 5.41) is 8.78. The van der Waals surface area contributed by atoms with Gasteiger partial charge < -0.3 is 19.3 Å². The second-order valence-corrected chi connectivity index (χ2v) is 10.6. The molecule has 1 rings (SSSR count). The highest BCUT2D eigenvalue weighted by Crippen LogP contribution is 2.35. The Balaban J connectivity index is 2.80. The van der Waals surface area contributed by atoms with Crippen LogP contribution in [0.3, 0.4) is 0 Å². The lowest BCUT2D eigenvalue weighted by molar-refractivity contribution is -0.166. The van der Waals surface area contributed by atoms with Crippen molar-refractivity contribution in [1.82, 2.24) is 4.90 Å². The molecule has 0 saturated carbocycles. The number of ether oxygens (including phenoxy) is 3. The van der Waals surface area contributed by atoms with Crippen molar-refractivity contribution in [3.8, 4) is 0 Å². The smallest absolute Gasteiger partial charge is 0.417 e. The third-order valence-corrected chi connectivity index (χ3v) is 6.52. The molecule has 3 atom stereocenters. The third-order valence-electron chi connectivity index (χ3n) is 6.52. The molecule has 10 heteroatoms. The van der Waals surface area contributed by atoms with Gasteiger partial charge in [0, 0.05) is 27.1 Å². The number of cyclic esters (lactones) is 1. The van der Waals surface area contributed by atoms with Gasteiger partial charge in [-0.05, 0) is 44.8 Å². The molecule has 0 spiro atoms. The van der Waals surface area contributed by atoms with Crippen LogP contribution in [0, 0.1) is 5.92 Å². The van der Waals surface area contributed by atoms with Crippen LogP contribution in [0.1, 0.15) is 92.4 Å². The Morgan fingerprint density at radius 3 is 2.03 bits per heavy atom. The minimum atomic E-state index is -1.68. The number of allylic oxidation sites excluding steroid dienone is 1. The summed E-state index contributed by atoms with van der Waals surface area (Å²) in [7, 11) is 1.17. The predicted octanol–water partition coefficient (Wildman–Crippen LogP) is 3.91. The van der Waals surface area contributed by atoms with Crippen LogP contribution < -0.4 is 0 Å². The maximum Gasteiger partial charge on any atom is 0.417 e. The van der Waals surface area contributed by atoms with E-state index in [1.54, 1.807) is 13.8 Å². The molecule has 38 heavy (non-hydrogen) atoms. The molecule has 1 N–H and O–H groups in total. The van der Waals surface area contributed by atoms with Crippen LogP contribution >= 0.6 is 0 Å². The van der Waals surface area contributed by atoms with Gasteiger partial charge in [0.05, 0.1) is 6.04 Å². The van der Waals surface area contributed by atoms with Crippen LogP contribution in [-0.2, 0) is 33.4 Å². The summed E-state index contributed by atoms with van der Waals surface area (Å²) >= 11 is 0. The highest BCUT2D eigenvalue weighted by molar-refractivity contribution is 6.05. The Bertz CT molecular complexity index is 849. The van der Waals surface area contributed by atoms with Gasteiger partial charge in [-0.3, -0.25) is 19.2 Å². The minimum Gasteiger partial charge on any atom is -0.451 e. The summed E-state index contributed by atoms with van der Waals surface area (Å²) in [6, 6.07) is -0.633. The fourth-order valence-electron chi connectivity index (χ4n) is 4.85. The first-order valence-corrected chi connectivity index (χ1v) is 13.5. The molecule has 0 aliphatic carbocycles. The van der Waals surface area contributed by atoms with Crippen LogP contribution in [0.25, 0.3) is 0 Å². The molecule has 0 aromatic carbocycles. The highest BCUT2D eigenvalue weighted by atomic mass is 16.6. The molecule has 0 unspecified atom stereocenters. The van der Waals surface area contributed by atoms with Gasteiger partial charge in [-0.25, -0.2) is 9.69 Å². The summed E-state index contributed by atoms with van der Waals surface area (Å²) in [6.45, 7) is 8.35. The molecule has 10 nitrogen and oxygen atoms in total. The summed E-state index contributed by atoms with van der Waals surface area (Å²) in [5.74, 6) is -2.90. The summed E-state index contributed by atoms with van der Waals surface area (Å²) < 4.78 is 15.8. The van der Waals surface area contributed by atoms with Crippen molar-refractivity contribution in [3.63, 3.8) is 0 Å². The van der Waals surface area contributed by atoms with E-state index in [9.17, 15) is 24.0 Å². The zero-order valence-corrected chi connectivity index (χ0v) is 23.7. The van der Waals surface area contributed by atoms with Crippen molar-refractivity contribution < 1.29 is 43.3 Å². The number of imide groups is 1. The van der Waals surface area contributed by atoms with E-state index in [0.29, 0.717) is 6.42 Å². The Kier molecular flexibility index (Phi) is 14.4. The van der Waals surface area contributed by atoms with Crippen LogP contribution in [0.2, 0.25) is 0 Å². The van der Waals surface area contributed by atoms with E-state index in [2.05, 4.69) is 0 Å². The first-order chi connectivity index (χ1) is 17.9. The average molecular weight is 540 g/mol. The number of hydrogen-bond acceptors (Lipinski definition) is 9. The van der Waals surface area contributed by atoms with Crippen LogP contribution in [-0.4, -0.2) is 77.1 Å². The maximum atomic E-state index is 13.4. The van der Waals surface area contributed by atoms with E-state index in [-0.39, 0.29) is 24.7 Å². The van der Waals surface area contributed by atoms with Crippen LogP contribution in [0.4, 0.5) is 4.79 Å². The molecule has 1 fully saturated rings. The van der Waals surface area contributed by atoms with Crippen molar-refractivity contribution in [2.45, 2.75) is 116 Å². The Labute approximate surface area is 226 Å². The first kappa shape index (κ1) is 33.4. The molecule has 0 radical (unpaired) electrons. The summed E-state index contributed by atoms with van der Waals surface area (Å²) in [5.41, 5.74) is -0.966. The van der Waals surface area contributed by atoms with E-state index in [0.717, 1.165) is 68.9 Å². The maximum absolute atomic E-state index is 13.4. The minimum absolute atomic E-state index is 0.162. The number of carbonyl (C=O) groups excluding carboxylic acids is 5. The van der Waals surface area contributed by atoms with E-state index in [4.69, 9.17) is 19.3 Å². The van der Waals surface area contributed by atoms with Crippen molar-refractivity contribution in [1.29, 1.82) is 0 Å². The zero-order chi connectivity index (χ0) is 28.9. The first-order valence-electron chi connectivity index (χ1n) is 13.5. The number of nitrogens with zero attached hydrogens (tertiary/aromatic N) is 1. The largest absolute Gasteiger partial charge is 0.451 e. The molecule has 0 bridgehead atoms. The number of aliphatic hydroxyl groups excluding tert-OH is 1. The van der Waals surface area contributed by atoms with Gasteiger partial charge in [0.1, 0.15) is 5.60 Å². The molecule has 1 aliphatic rings. The number of carbonyl (C=O) groups is 5. The lowest BCUT2D eigenvalue weighted by atomic mass is 9.88. The lowest BCUT2D eigenvalue weighted by Gasteiger charge is -2.33. The Hall–Kier alpha value is -2.59. The van der Waals surface area contributed by atoms with Gasteiger partial charge in [-0.15, -0.1) is 0 Å². The van der Waals surface area contributed by atoms with Crippen molar-refractivity contribution in [2.75, 3.05) is 13.7 Å². The quantitative estimate of drug-likeness (QED) is 0.156. The van der Waals surface area contributed by atoms with Gasteiger partial charge in [0.15, 0.2) is 23.8 Å². The number of aliphatic hydroxyl groups is 1. The van der Waals surface area contributed by atoms with Gasteiger partial charge in [0.2, 0.25) is 0 Å². The molecule has 1 saturated heterocycles. The van der Waals surface area contributed by atoms with E-state index < -0.39 is 47.6 Å². The standard InChI is InChI=1S/C28H45NO9/c1-19(2)25-28(4,5)38-27(35)29(25)26(34)24(36-6)23(37-20(3)31)22(33)17-16-21(32)15-13-11-9-7-8-10-12-14-18-30/h16-17,19,23-25,30H,7-15,18H2,1-6H3/t23-,24+,25+/m1/s1. The molecule has 0 aromatic rings. The van der Waals surface area contributed by atoms with Crippen LogP contribution in [0.15, 0.2) is 12.2 Å². The molecule has 1 aliphatic heterocycles. The Morgan fingerprint density at radius 2 is 1.53 bits per heavy atom. The number of ketones is 2. The molecule has 1 heterocycles. The van der Waals surface area contributed by atoms with Gasteiger partial charge in [-0.2, -0.15) is 0 Å². The average Bonchev–Trinajstić information content (AvgIpc) is 3.08. The number of amides is 2. The number of rotatable bonds is 18. The third kappa shape index (κ3) is 10.3. The normalized spacial score (nSPS) is 18.5. The van der Waals surface area contributed by atoms with E-state index in [1.165, 1.54) is 7.11 Å². The topological polar surface area (TPSA) is 137 Å². The molecule has 216 valence electrons. The Morgan fingerprint density at radius 1 is 0.974 bits per heavy atom. The molecule has 2 amide bonds. The van der Waals surface area contributed by atoms with Gasteiger partial charge >= 0.3 is 12.1 Å². The molecular weight excluding hydrogens is 494 g/mol. The number of unbranched alkanes of at least 4 members (excludes halogenated alkanes) is 7. The molecular formula is C28H45NO9. The fourth-order valence-corrected chi connectivity index (χ4v) is 4.85. The highest BCUT2D eigenvalue weighted by Gasteiger charge is 2.54. The molecule has 0 aromatic heterocycles. The monoisotopic (exact) mass is 539 g/mol. The predicted molar refractivity (Wildman–Crippen MR) is 140 cm³/mol. The van der Waals surface area contributed by atoms with E-state index in [1.807, 2.05) is 13.8 Å². The van der Waals surface area contributed by atoms with Crippen molar-refractivity contribution in [2.24, 2.45) is 5.92 Å². The lowest BCUT2D eigenvalue weighted by Crippen LogP contribution is -2.55. The van der Waals surface area contributed by atoms with Gasteiger partial charge in [0.25, 0.3) is 5.91 Å². The van der Waals surface area contributed by atoms with Crippen LogP contribution in [0.5, 0.6) is 0 Å². The fraction of sp³-hybridized carbons (Fsp3) is 0.750. The summed E-state index contributed by atoms with van der Waals surface area (Å²) in [4.78, 5) is 63.9. The zero-order valence-electron chi connectivity index (χ0n) is 23.7. The number of esters is 1. The summed E-state index contributed by atoms with van der Waals surface area (Å²) in [6.07, 6.45) is 5.93. The van der Waals surface area contributed by atoms with Gasteiger partial charge in [-0.1, -0.05) is 52.4 Å². The van der Waals surface area contributed by atoms with Crippen molar-refractivity contribution >= 4 is 29.5 Å². The SMILES string of the molecule is CO[C@H](C(=O)N1C(=O)OC(C)(C)[C@@H]1C(C)C)[C@H](OC(C)=O)C(=O)C=CC(=O)CCCCCCCCCCO. The number of methoxy groups -OCH3 is 1. The second kappa shape index (κ2) is 16.4. The van der Waals surface area contributed by atoms with E-state index >= 15 is 0 Å². The number of hydrogen-bond donors (Lipinski definition) is 1. The second-order valence-electron chi connectivity index (χ2n) is 10.6.